The van der Waals surface area contributed by atoms with E-state index < -0.39 is 0 Å². The van der Waals surface area contributed by atoms with Gasteiger partial charge in [0.15, 0.2) is 16.6 Å². The molecule has 3 rings (SSSR count). The minimum Gasteiger partial charge on any atom is -0.493 e. The van der Waals surface area contributed by atoms with Crippen molar-refractivity contribution in [2.24, 2.45) is 0 Å². The molecule has 148 valence electrons. The normalized spacial score (nSPS) is 11.3. The van der Waals surface area contributed by atoms with Crippen LogP contribution in [0.1, 0.15) is 27.7 Å². The molecule has 0 amide bonds. The first kappa shape index (κ1) is 20.1. The van der Waals surface area contributed by atoms with E-state index in [9.17, 15) is 0 Å². The monoisotopic (exact) mass is 398 g/mol. The Balaban J connectivity index is 1.98. The number of methoxy groups -OCH3 is 2. The number of nitrogens with zero attached hydrogens (tertiary/aromatic N) is 3. The highest BCUT2D eigenvalue weighted by atomic mass is 32.1. The second kappa shape index (κ2) is 8.14. The third-order valence-corrected chi connectivity index (χ3v) is 4.85. The number of aromatic nitrogens is 2. The van der Waals surface area contributed by atoms with Crippen LogP contribution in [0, 0.1) is 0 Å². The number of anilines is 1. The molecule has 0 radical (unpaired) electrons. The maximum Gasteiger partial charge on any atom is 0.173 e. The number of fused-ring (bicyclic) bond motifs is 2. The van der Waals surface area contributed by atoms with Gasteiger partial charge in [0.2, 0.25) is 0 Å². The van der Waals surface area contributed by atoms with E-state index in [0.29, 0.717) is 28.7 Å². The zero-order chi connectivity index (χ0) is 20.4. The van der Waals surface area contributed by atoms with E-state index >= 15 is 0 Å². The Labute approximate surface area is 170 Å². The van der Waals surface area contributed by atoms with Crippen molar-refractivity contribution in [3.8, 4) is 11.5 Å². The second-order valence-corrected chi connectivity index (χ2v) is 7.53. The summed E-state index contributed by atoms with van der Waals surface area (Å²) in [6, 6.07) is 10.2. The Morgan fingerprint density at radius 3 is 1.86 bits per heavy atom. The van der Waals surface area contributed by atoms with Gasteiger partial charge >= 0.3 is 0 Å². The Kier molecular flexibility index (Phi) is 5.84. The average molecular weight is 399 g/mol. The van der Waals surface area contributed by atoms with Gasteiger partial charge in [0.25, 0.3) is 0 Å². The molecule has 0 atom stereocenters. The van der Waals surface area contributed by atoms with Crippen molar-refractivity contribution in [3.05, 3.63) is 30.3 Å². The van der Waals surface area contributed by atoms with Gasteiger partial charge in [0.05, 0.1) is 36.3 Å². The molecule has 1 aromatic heterocycles. The lowest BCUT2D eigenvalue weighted by atomic mass is 10.2. The first-order chi connectivity index (χ1) is 13.3. The van der Waals surface area contributed by atoms with Gasteiger partial charge in [0.1, 0.15) is 0 Å². The predicted octanol–water partition coefficient (Wildman–Crippen LogP) is 4.62. The van der Waals surface area contributed by atoms with Gasteiger partial charge in [-0.2, -0.15) is 0 Å². The van der Waals surface area contributed by atoms with Gasteiger partial charge in [-0.25, -0.2) is 9.97 Å². The van der Waals surface area contributed by atoms with Crippen LogP contribution in [0.2, 0.25) is 0 Å². The lowest BCUT2D eigenvalue weighted by molar-refractivity contribution is 0.296. The van der Waals surface area contributed by atoms with E-state index in [-0.39, 0.29) is 0 Å². The van der Waals surface area contributed by atoms with Gasteiger partial charge in [-0.15, -0.1) is 0 Å². The molecule has 0 aliphatic carbocycles. The fourth-order valence-electron chi connectivity index (χ4n) is 3.33. The summed E-state index contributed by atoms with van der Waals surface area (Å²) in [5, 5.41) is 4.03. The number of benzene rings is 2. The number of ether oxygens (including phenoxy) is 2. The Bertz CT molecular complexity index is 1010. The predicted molar refractivity (Wildman–Crippen MR) is 118 cm³/mol. The van der Waals surface area contributed by atoms with Crippen molar-refractivity contribution < 1.29 is 9.47 Å². The van der Waals surface area contributed by atoms with Crippen LogP contribution in [0.5, 0.6) is 11.5 Å². The Morgan fingerprint density at radius 2 is 1.36 bits per heavy atom. The topological polar surface area (TPSA) is 59.5 Å². The number of hydrogen-bond acceptors (Lipinski definition) is 5. The van der Waals surface area contributed by atoms with Crippen molar-refractivity contribution >= 4 is 45.1 Å². The second-order valence-electron chi connectivity index (χ2n) is 7.15. The molecular weight excluding hydrogens is 372 g/mol. The molecule has 0 spiro atoms. The van der Waals surface area contributed by atoms with Crippen molar-refractivity contribution in [1.82, 2.24) is 14.9 Å². The highest BCUT2D eigenvalue weighted by Crippen LogP contribution is 2.31. The lowest BCUT2D eigenvalue weighted by Crippen LogP contribution is -2.44. The molecule has 1 N–H and O–H groups in total. The van der Waals surface area contributed by atoms with Gasteiger partial charge in [-0.1, -0.05) is 0 Å². The number of rotatable bonds is 5. The first-order valence-electron chi connectivity index (χ1n) is 9.27. The van der Waals surface area contributed by atoms with Crippen molar-refractivity contribution in [3.63, 3.8) is 0 Å². The molecule has 0 aliphatic rings. The van der Waals surface area contributed by atoms with E-state index in [2.05, 4.69) is 37.9 Å². The molecule has 3 aromatic rings. The number of thiocarbonyl (C=S) groups is 1. The van der Waals surface area contributed by atoms with Crippen LogP contribution in [0.3, 0.4) is 0 Å². The Morgan fingerprint density at radius 1 is 0.857 bits per heavy atom. The third kappa shape index (κ3) is 3.94. The van der Waals surface area contributed by atoms with Gasteiger partial charge in [0, 0.05) is 29.9 Å². The maximum atomic E-state index is 5.62. The van der Waals surface area contributed by atoms with E-state index in [4.69, 9.17) is 31.7 Å². The molecule has 0 bridgehead atoms. The van der Waals surface area contributed by atoms with E-state index in [0.717, 1.165) is 27.8 Å². The van der Waals surface area contributed by atoms with Crippen LogP contribution < -0.4 is 14.8 Å². The van der Waals surface area contributed by atoms with E-state index in [1.807, 2.05) is 30.3 Å². The lowest BCUT2D eigenvalue weighted by Gasteiger charge is -2.33. The molecule has 7 heteroatoms. The summed E-state index contributed by atoms with van der Waals surface area (Å²) in [5.74, 6) is 1.26. The minimum absolute atomic E-state index is 0.312. The van der Waals surface area contributed by atoms with E-state index in [1.54, 1.807) is 14.2 Å². The fourth-order valence-corrected chi connectivity index (χ4v) is 3.87. The SMILES string of the molecule is COc1cc2nc3ccc(NC(=S)N(C(C)C)C(C)C)cc3nc2cc1OC. The molecule has 6 nitrogen and oxygen atoms in total. The van der Waals surface area contributed by atoms with Crippen LogP contribution in [0.15, 0.2) is 30.3 Å². The van der Waals surface area contributed by atoms with Crippen molar-refractivity contribution in [2.45, 2.75) is 39.8 Å². The zero-order valence-electron chi connectivity index (χ0n) is 17.1. The smallest absolute Gasteiger partial charge is 0.173 e. The Hall–Kier alpha value is -2.67. The van der Waals surface area contributed by atoms with Crippen LogP contribution in [-0.2, 0) is 0 Å². The molecule has 0 fully saturated rings. The zero-order valence-corrected chi connectivity index (χ0v) is 17.9. The van der Waals surface area contributed by atoms with Crippen molar-refractivity contribution in [1.29, 1.82) is 0 Å². The van der Waals surface area contributed by atoms with Crippen LogP contribution >= 0.6 is 12.2 Å². The summed E-state index contributed by atoms with van der Waals surface area (Å²) in [4.78, 5) is 11.6. The highest BCUT2D eigenvalue weighted by molar-refractivity contribution is 7.80. The van der Waals surface area contributed by atoms with Crippen molar-refractivity contribution in [2.75, 3.05) is 19.5 Å². The highest BCUT2D eigenvalue weighted by Gasteiger charge is 2.17. The van der Waals surface area contributed by atoms with Gasteiger partial charge in [-0.05, 0) is 58.1 Å². The molecular formula is C21H26N4O2S. The molecule has 0 saturated heterocycles. The third-order valence-electron chi connectivity index (χ3n) is 4.54. The van der Waals surface area contributed by atoms with Crippen LogP contribution in [-0.4, -0.2) is 46.3 Å². The molecule has 28 heavy (non-hydrogen) atoms. The molecule has 1 heterocycles. The maximum absolute atomic E-state index is 5.62. The molecule has 0 saturated carbocycles. The standard InChI is InChI=1S/C21H26N4O2S/c1-12(2)25(13(3)4)21(28)22-14-7-8-15-16(9-14)24-18-11-20(27-6)19(26-5)10-17(18)23-15/h7-13H,1-6H3,(H,22,28). The largest absolute Gasteiger partial charge is 0.493 e. The summed E-state index contributed by atoms with van der Waals surface area (Å²) in [6.07, 6.45) is 0. The van der Waals surface area contributed by atoms with Crippen LogP contribution in [0.4, 0.5) is 5.69 Å². The summed E-state index contributed by atoms with van der Waals surface area (Å²) < 4.78 is 10.7. The van der Waals surface area contributed by atoms with E-state index in [1.165, 1.54) is 0 Å². The van der Waals surface area contributed by atoms with Gasteiger partial charge in [-0.3, -0.25) is 0 Å². The molecule has 2 aromatic carbocycles. The minimum atomic E-state index is 0.312. The molecule has 0 aliphatic heterocycles. The quantitative estimate of drug-likeness (QED) is 0.497. The summed E-state index contributed by atoms with van der Waals surface area (Å²) in [5.41, 5.74) is 3.98. The summed E-state index contributed by atoms with van der Waals surface area (Å²) in [6.45, 7) is 8.53. The van der Waals surface area contributed by atoms with Crippen LogP contribution in [0.25, 0.3) is 22.1 Å². The molecule has 0 unspecified atom stereocenters. The summed E-state index contributed by atoms with van der Waals surface area (Å²) >= 11 is 5.62. The summed E-state index contributed by atoms with van der Waals surface area (Å²) in [7, 11) is 3.22. The number of nitrogens with one attached hydrogen (secondary N) is 1. The van der Waals surface area contributed by atoms with Gasteiger partial charge < -0.3 is 19.7 Å². The first-order valence-corrected chi connectivity index (χ1v) is 9.67. The average Bonchev–Trinajstić information content (AvgIpc) is 2.64. The number of hydrogen-bond donors (Lipinski definition) is 1. The fraction of sp³-hybridized carbons (Fsp3) is 0.381.